The molecule has 10 nitrogen and oxygen atoms in total. The number of carbonyl (C=O) groups is 1. The van der Waals surface area contributed by atoms with Crippen molar-refractivity contribution in [3.63, 3.8) is 0 Å². The maximum atomic E-state index is 12.4. The molecule has 5 fully saturated rings. The molecule has 4 aliphatic carbocycles. The predicted octanol–water partition coefficient (Wildman–Crippen LogP) is 0.341. The molecule has 4 bridgehead atoms. The van der Waals surface area contributed by atoms with E-state index in [4.69, 9.17) is 22.8 Å². The van der Waals surface area contributed by atoms with Crippen molar-refractivity contribution in [3.05, 3.63) is 0 Å². The first-order valence-electron chi connectivity index (χ1n) is 9.36. The second-order valence-corrected chi connectivity index (χ2v) is 9.48. The minimum absolute atomic E-state index is 0. The highest BCUT2D eigenvalue weighted by Crippen LogP contribution is 2.57. The molecule has 1 heterocycles. The Morgan fingerprint density at radius 3 is 2.36 bits per heavy atom. The van der Waals surface area contributed by atoms with E-state index < -0.39 is 16.0 Å². The third-order valence-corrected chi connectivity index (χ3v) is 6.37. The van der Waals surface area contributed by atoms with Crippen LogP contribution in [0.1, 0.15) is 51.4 Å². The molecule has 5 rings (SSSR count). The maximum absolute atomic E-state index is 12.4. The Morgan fingerprint density at radius 2 is 1.86 bits per heavy atom. The van der Waals surface area contributed by atoms with Gasteiger partial charge in [0.05, 0.1) is 18.2 Å². The summed E-state index contributed by atoms with van der Waals surface area (Å²) in [6.45, 7) is 1.02. The van der Waals surface area contributed by atoms with E-state index in [0.29, 0.717) is 24.9 Å². The topological polar surface area (TPSA) is 189 Å². The van der Waals surface area contributed by atoms with Crippen molar-refractivity contribution in [2.75, 3.05) is 13.1 Å². The molecule has 3 atom stereocenters. The van der Waals surface area contributed by atoms with Gasteiger partial charge in [-0.1, -0.05) is 0 Å². The number of amides is 1. The van der Waals surface area contributed by atoms with Crippen molar-refractivity contribution in [1.29, 1.82) is 5.26 Å². The van der Waals surface area contributed by atoms with Crippen LogP contribution in [-0.2, 0) is 15.2 Å². The minimum atomic E-state index is -4.92. The van der Waals surface area contributed by atoms with Crippen LogP contribution in [0.15, 0.2) is 0 Å². The molecule has 4 saturated carbocycles. The van der Waals surface area contributed by atoms with Gasteiger partial charge in [-0.25, -0.2) is 8.42 Å². The first kappa shape index (κ1) is 23.0. The summed E-state index contributed by atoms with van der Waals surface area (Å²) in [5.74, 6) is 1.28. The molecule has 1 aliphatic heterocycles. The Morgan fingerprint density at radius 1 is 1.29 bits per heavy atom. The molecule has 5 aliphatic rings. The van der Waals surface area contributed by atoms with E-state index in [0.717, 1.165) is 44.9 Å². The van der Waals surface area contributed by atoms with Crippen LogP contribution in [0.25, 0.3) is 0 Å². The number of aliphatic hydroxyl groups is 1. The van der Waals surface area contributed by atoms with Gasteiger partial charge in [0.1, 0.15) is 6.04 Å². The largest absolute Gasteiger partial charge is 0.726 e. The highest BCUT2D eigenvalue weighted by molar-refractivity contribution is 7.79. The summed E-state index contributed by atoms with van der Waals surface area (Å²) < 4.78 is 32.8. The minimum Gasteiger partial charge on any atom is -0.726 e. The first-order valence-corrected chi connectivity index (χ1v) is 10.7. The van der Waals surface area contributed by atoms with Crippen molar-refractivity contribution >= 4 is 16.3 Å². The number of nitrogens with one attached hydrogen (secondary N) is 1. The summed E-state index contributed by atoms with van der Waals surface area (Å²) in [6, 6.07) is 1.99. The van der Waals surface area contributed by atoms with Crippen LogP contribution in [-0.4, -0.2) is 63.7 Å². The van der Waals surface area contributed by atoms with Gasteiger partial charge < -0.3 is 26.0 Å². The van der Waals surface area contributed by atoms with E-state index in [2.05, 4.69) is 11.4 Å². The van der Waals surface area contributed by atoms with E-state index >= 15 is 0 Å². The van der Waals surface area contributed by atoms with Crippen molar-refractivity contribution in [3.8, 4) is 6.07 Å². The molecule has 0 radical (unpaired) electrons. The summed E-state index contributed by atoms with van der Waals surface area (Å²) in [6.07, 6.45) is 7.87. The second kappa shape index (κ2) is 8.22. The monoisotopic (exact) mass is 417 g/mol. The first-order chi connectivity index (χ1) is 12.5. The van der Waals surface area contributed by atoms with Gasteiger partial charge in [0, 0.05) is 12.1 Å². The number of carbonyl (C=O) groups excluding carboxylic acids is 1. The fraction of sp³-hybridized carbons (Fsp3) is 0.882. The van der Waals surface area contributed by atoms with Gasteiger partial charge in [-0.05, 0) is 63.2 Å². The molecule has 1 amide bonds. The van der Waals surface area contributed by atoms with Gasteiger partial charge in [-0.15, -0.1) is 0 Å². The molecule has 0 aromatic carbocycles. The Kier molecular flexibility index (Phi) is 6.75. The lowest BCUT2D eigenvalue weighted by Crippen LogP contribution is -2.65. The zero-order valence-electron chi connectivity index (χ0n) is 15.8. The van der Waals surface area contributed by atoms with Crippen LogP contribution in [0, 0.1) is 23.2 Å². The molecular formula is C17H29N4O6S-. The molecule has 2 unspecified atom stereocenters. The molecule has 6 N–H and O–H groups in total. The number of hydrogen-bond donors (Lipinski definition) is 4. The van der Waals surface area contributed by atoms with Crippen molar-refractivity contribution in [2.45, 2.75) is 68.5 Å². The average Bonchev–Trinajstić information content (AvgIpc) is 2.97. The molecule has 1 saturated heterocycles. The fourth-order valence-electron chi connectivity index (χ4n) is 5.99. The van der Waals surface area contributed by atoms with E-state index in [-0.39, 0.29) is 23.6 Å². The van der Waals surface area contributed by atoms with Crippen LogP contribution in [0.3, 0.4) is 0 Å². The smallest absolute Gasteiger partial charge is 0.237 e. The van der Waals surface area contributed by atoms with E-state index in [1.165, 1.54) is 6.42 Å². The number of nitrogens with zero attached hydrogens (tertiary/aromatic N) is 2. The summed E-state index contributed by atoms with van der Waals surface area (Å²) >= 11 is 0. The van der Waals surface area contributed by atoms with Gasteiger partial charge in [0.15, 0.2) is 0 Å². The molecule has 11 heteroatoms. The van der Waals surface area contributed by atoms with Gasteiger partial charge in [0.25, 0.3) is 0 Å². The van der Waals surface area contributed by atoms with Crippen LogP contribution in [0.5, 0.6) is 0 Å². The quantitative estimate of drug-likeness (QED) is 0.370. The Labute approximate surface area is 165 Å². The lowest BCUT2D eigenvalue weighted by Gasteiger charge is -2.60. The highest BCUT2D eigenvalue weighted by Gasteiger charge is 2.57. The lowest BCUT2D eigenvalue weighted by atomic mass is 9.51. The molecule has 0 aromatic heterocycles. The van der Waals surface area contributed by atoms with Crippen LogP contribution >= 0.6 is 0 Å². The zero-order chi connectivity index (χ0) is 19.9. The van der Waals surface area contributed by atoms with Gasteiger partial charge in [-0.2, -0.15) is 5.26 Å². The molecule has 28 heavy (non-hydrogen) atoms. The molecule has 0 spiro atoms. The Hall–Kier alpha value is -1.29. The van der Waals surface area contributed by atoms with Gasteiger partial charge in [0.2, 0.25) is 16.3 Å². The normalized spacial score (nSPS) is 38.2. The summed E-state index contributed by atoms with van der Waals surface area (Å²) in [5, 5.41) is 23.4. The number of hydrogen-bond acceptors (Lipinski definition) is 8. The van der Waals surface area contributed by atoms with Gasteiger partial charge in [-0.3, -0.25) is 9.35 Å². The number of likely N-dealkylation sites (tertiary alicyclic amines) is 1. The van der Waals surface area contributed by atoms with Crippen LogP contribution in [0.2, 0.25) is 0 Å². The maximum Gasteiger partial charge on any atom is 0.237 e. The summed E-state index contributed by atoms with van der Waals surface area (Å²) in [4.78, 5) is 14.2. The average molecular weight is 418 g/mol. The second-order valence-electron chi connectivity index (χ2n) is 8.62. The Bertz CT molecular complexity index is 714. The van der Waals surface area contributed by atoms with Gasteiger partial charge >= 0.3 is 0 Å². The molecule has 160 valence electrons. The predicted molar refractivity (Wildman–Crippen MR) is 98.1 cm³/mol. The summed E-state index contributed by atoms with van der Waals surface area (Å²) in [5.41, 5.74) is -0.542. The van der Waals surface area contributed by atoms with E-state index in [1.54, 1.807) is 4.90 Å². The SMILES string of the molecule is N.N#C[C@@H]1CCCN1C(=O)CNC12CC3CC(CC(O)(C3)C1)C2.O=S(=O)([O-])O. The Balaban J connectivity index is 0.000000420. The number of nitriles is 1. The standard InChI is InChI=1S/C17H25N3O2.H3N.H2O4S/c18-9-14-2-1-3-20(14)15(21)10-19-16-5-12-4-13(6-16)8-17(22,7-12)11-16;;1-5(2,3)4/h12-14,19,22H,1-8,10-11H2;1H3;(H2,1,2,3,4)/p-1/t12?,13?,14-,16?,17?;;/m0../s1. The van der Waals surface area contributed by atoms with Crippen molar-refractivity contribution in [1.82, 2.24) is 16.4 Å². The van der Waals surface area contributed by atoms with Crippen molar-refractivity contribution < 1.29 is 27.4 Å². The van der Waals surface area contributed by atoms with E-state index in [1.807, 2.05) is 0 Å². The summed E-state index contributed by atoms with van der Waals surface area (Å²) in [7, 11) is -4.92. The third kappa shape index (κ3) is 5.40. The van der Waals surface area contributed by atoms with Crippen molar-refractivity contribution in [2.24, 2.45) is 11.8 Å². The highest BCUT2D eigenvalue weighted by atomic mass is 32.3. The number of rotatable bonds is 3. The lowest BCUT2D eigenvalue weighted by molar-refractivity contribution is -0.147. The zero-order valence-corrected chi connectivity index (χ0v) is 16.7. The molecule has 0 aromatic rings. The molecular weight excluding hydrogens is 388 g/mol. The third-order valence-electron chi connectivity index (χ3n) is 6.37. The fourth-order valence-corrected chi connectivity index (χ4v) is 5.99. The van der Waals surface area contributed by atoms with Crippen LogP contribution in [0.4, 0.5) is 0 Å². The van der Waals surface area contributed by atoms with E-state index in [9.17, 15) is 9.90 Å². The van der Waals surface area contributed by atoms with Crippen LogP contribution < -0.4 is 11.5 Å².